The molecule has 0 unspecified atom stereocenters. The molecular formula is C21H20FN3O3. The molecule has 0 fully saturated rings. The highest BCUT2D eigenvalue weighted by Crippen LogP contribution is 2.19. The minimum absolute atomic E-state index is 0.162. The van der Waals surface area contributed by atoms with E-state index in [0.29, 0.717) is 41.2 Å². The Morgan fingerprint density at radius 1 is 1.11 bits per heavy atom. The van der Waals surface area contributed by atoms with Crippen molar-refractivity contribution >= 4 is 11.8 Å². The molecule has 1 N–H and O–H groups in total. The minimum Gasteiger partial charge on any atom is -0.444 e. The molecule has 3 rings (SSSR count). The standard InChI is InChI=1S/C21H20FN3O3/c1-25(2)21(27)16-5-3-4-15(12-16)19(26)23-11-10-18-13-28-20(24-18)14-6-8-17(22)9-7-14/h3-9,12-13H,10-11H2,1-2H3,(H,23,26). The van der Waals surface area contributed by atoms with E-state index >= 15 is 0 Å². The molecule has 0 bridgehead atoms. The van der Waals surface area contributed by atoms with E-state index in [1.807, 2.05) is 0 Å². The first-order valence-corrected chi connectivity index (χ1v) is 8.74. The zero-order valence-corrected chi connectivity index (χ0v) is 15.6. The van der Waals surface area contributed by atoms with Crippen molar-refractivity contribution in [2.45, 2.75) is 6.42 Å². The molecule has 0 aliphatic heterocycles. The number of halogens is 1. The fourth-order valence-corrected chi connectivity index (χ4v) is 2.60. The minimum atomic E-state index is -0.324. The van der Waals surface area contributed by atoms with Crippen LogP contribution in [0.2, 0.25) is 0 Å². The summed E-state index contributed by atoms with van der Waals surface area (Å²) in [6.07, 6.45) is 1.99. The normalized spacial score (nSPS) is 10.5. The number of benzene rings is 2. The molecule has 0 radical (unpaired) electrons. The van der Waals surface area contributed by atoms with Gasteiger partial charge in [0.05, 0.1) is 5.69 Å². The average Bonchev–Trinajstić information content (AvgIpc) is 3.16. The number of carbonyl (C=O) groups excluding carboxylic acids is 2. The number of hydrogen-bond acceptors (Lipinski definition) is 4. The SMILES string of the molecule is CN(C)C(=O)c1cccc(C(=O)NCCc2coc(-c3ccc(F)cc3)n2)c1. The van der Waals surface area contributed by atoms with Gasteiger partial charge in [0.1, 0.15) is 12.1 Å². The van der Waals surface area contributed by atoms with E-state index in [0.717, 1.165) is 0 Å². The van der Waals surface area contributed by atoms with Crippen LogP contribution in [0.25, 0.3) is 11.5 Å². The van der Waals surface area contributed by atoms with E-state index in [4.69, 9.17) is 4.42 Å². The molecule has 0 atom stereocenters. The number of rotatable bonds is 6. The lowest BCUT2D eigenvalue weighted by molar-refractivity contribution is 0.0827. The zero-order valence-electron chi connectivity index (χ0n) is 15.6. The van der Waals surface area contributed by atoms with Crippen molar-refractivity contribution in [2.24, 2.45) is 0 Å². The quantitative estimate of drug-likeness (QED) is 0.712. The highest BCUT2D eigenvalue weighted by molar-refractivity contribution is 5.99. The van der Waals surface area contributed by atoms with Crippen LogP contribution in [0.4, 0.5) is 4.39 Å². The maximum atomic E-state index is 13.0. The Bertz CT molecular complexity index is 981. The first-order valence-electron chi connectivity index (χ1n) is 8.74. The van der Waals surface area contributed by atoms with Crippen LogP contribution in [-0.2, 0) is 6.42 Å². The Morgan fingerprint density at radius 3 is 2.54 bits per heavy atom. The highest BCUT2D eigenvalue weighted by Gasteiger charge is 2.12. The second-order valence-electron chi connectivity index (χ2n) is 6.44. The second kappa shape index (κ2) is 8.47. The van der Waals surface area contributed by atoms with E-state index in [9.17, 15) is 14.0 Å². The van der Waals surface area contributed by atoms with Crippen LogP contribution < -0.4 is 5.32 Å². The van der Waals surface area contributed by atoms with Crippen LogP contribution in [-0.4, -0.2) is 42.3 Å². The first kappa shape index (κ1) is 19.3. The van der Waals surface area contributed by atoms with E-state index in [1.165, 1.54) is 23.3 Å². The molecule has 1 heterocycles. The maximum Gasteiger partial charge on any atom is 0.253 e. The lowest BCUT2D eigenvalue weighted by atomic mass is 10.1. The van der Waals surface area contributed by atoms with Crippen molar-refractivity contribution in [1.29, 1.82) is 0 Å². The third-order valence-electron chi connectivity index (χ3n) is 4.09. The van der Waals surface area contributed by atoms with Gasteiger partial charge in [-0.05, 0) is 42.5 Å². The van der Waals surface area contributed by atoms with Gasteiger partial charge in [-0.3, -0.25) is 9.59 Å². The van der Waals surface area contributed by atoms with Crippen molar-refractivity contribution in [3.63, 3.8) is 0 Å². The molecule has 0 saturated heterocycles. The number of amides is 2. The Kier molecular flexibility index (Phi) is 5.84. The number of nitrogens with zero attached hydrogens (tertiary/aromatic N) is 2. The van der Waals surface area contributed by atoms with Gasteiger partial charge in [0.15, 0.2) is 0 Å². The molecule has 28 heavy (non-hydrogen) atoms. The molecular weight excluding hydrogens is 361 g/mol. The van der Waals surface area contributed by atoms with E-state index < -0.39 is 0 Å². The van der Waals surface area contributed by atoms with Gasteiger partial charge in [0.2, 0.25) is 5.89 Å². The molecule has 144 valence electrons. The molecule has 3 aromatic rings. The topological polar surface area (TPSA) is 75.4 Å². The fraction of sp³-hybridized carbons (Fsp3) is 0.190. The Labute approximate surface area is 162 Å². The van der Waals surface area contributed by atoms with E-state index in [-0.39, 0.29) is 17.6 Å². The largest absolute Gasteiger partial charge is 0.444 e. The summed E-state index contributed by atoms with van der Waals surface area (Å²) in [7, 11) is 3.32. The number of carbonyl (C=O) groups is 2. The van der Waals surface area contributed by atoms with Crippen molar-refractivity contribution in [2.75, 3.05) is 20.6 Å². The highest BCUT2D eigenvalue weighted by atomic mass is 19.1. The molecule has 1 aromatic heterocycles. The summed E-state index contributed by atoms with van der Waals surface area (Å²) < 4.78 is 18.4. The number of hydrogen-bond donors (Lipinski definition) is 1. The Balaban J connectivity index is 1.57. The summed E-state index contributed by atoms with van der Waals surface area (Å²) in [4.78, 5) is 30.1. The third-order valence-corrected chi connectivity index (χ3v) is 4.09. The molecule has 2 amide bonds. The summed E-state index contributed by atoms with van der Waals surface area (Å²) in [5.74, 6) is -0.355. The van der Waals surface area contributed by atoms with Crippen molar-refractivity contribution in [1.82, 2.24) is 15.2 Å². The monoisotopic (exact) mass is 381 g/mol. The number of nitrogens with one attached hydrogen (secondary N) is 1. The summed E-state index contributed by atoms with van der Waals surface area (Å²) in [5.41, 5.74) is 2.23. The van der Waals surface area contributed by atoms with Crippen molar-refractivity contribution in [3.8, 4) is 11.5 Å². The van der Waals surface area contributed by atoms with Crippen LogP contribution in [0.1, 0.15) is 26.4 Å². The van der Waals surface area contributed by atoms with E-state index in [1.54, 1.807) is 50.5 Å². The lowest BCUT2D eigenvalue weighted by Crippen LogP contribution is -2.26. The van der Waals surface area contributed by atoms with Gasteiger partial charge in [0, 0.05) is 43.8 Å². The third kappa shape index (κ3) is 4.62. The summed E-state index contributed by atoms with van der Waals surface area (Å²) in [6.45, 7) is 0.361. The van der Waals surface area contributed by atoms with Gasteiger partial charge in [-0.25, -0.2) is 9.37 Å². The lowest BCUT2D eigenvalue weighted by Gasteiger charge is -2.11. The van der Waals surface area contributed by atoms with Crippen LogP contribution in [0.15, 0.2) is 59.2 Å². The molecule has 0 saturated carbocycles. The molecule has 6 nitrogen and oxygen atoms in total. The maximum absolute atomic E-state index is 13.0. The smallest absolute Gasteiger partial charge is 0.253 e. The summed E-state index contributed by atoms with van der Waals surface area (Å²) in [6, 6.07) is 12.4. The van der Waals surface area contributed by atoms with Gasteiger partial charge in [-0.15, -0.1) is 0 Å². The van der Waals surface area contributed by atoms with Crippen molar-refractivity contribution in [3.05, 3.63) is 77.4 Å². The van der Waals surface area contributed by atoms with Crippen LogP contribution in [0.3, 0.4) is 0 Å². The Morgan fingerprint density at radius 2 is 1.82 bits per heavy atom. The predicted octanol–water partition coefficient (Wildman–Crippen LogP) is 3.16. The molecule has 2 aromatic carbocycles. The Hall–Kier alpha value is -3.48. The predicted molar refractivity (Wildman–Crippen MR) is 102 cm³/mol. The van der Waals surface area contributed by atoms with Crippen LogP contribution >= 0.6 is 0 Å². The molecule has 0 spiro atoms. The van der Waals surface area contributed by atoms with Crippen LogP contribution in [0, 0.1) is 5.82 Å². The van der Waals surface area contributed by atoms with Gasteiger partial charge in [0.25, 0.3) is 11.8 Å². The summed E-state index contributed by atoms with van der Waals surface area (Å²) in [5, 5.41) is 2.80. The fourth-order valence-electron chi connectivity index (χ4n) is 2.60. The van der Waals surface area contributed by atoms with Gasteiger partial charge < -0.3 is 14.6 Å². The molecule has 0 aliphatic rings. The number of aromatic nitrogens is 1. The second-order valence-corrected chi connectivity index (χ2v) is 6.44. The van der Waals surface area contributed by atoms with Gasteiger partial charge in [-0.1, -0.05) is 6.07 Å². The first-order chi connectivity index (χ1) is 13.4. The molecule has 0 aliphatic carbocycles. The van der Waals surface area contributed by atoms with Crippen LogP contribution in [0.5, 0.6) is 0 Å². The van der Waals surface area contributed by atoms with Gasteiger partial charge in [-0.2, -0.15) is 0 Å². The molecule has 7 heteroatoms. The number of oxazole rings is 1. The average molecular weight is 381 g/mol. The van der Waals surface area contributed by atoms with Crippen molar-refractivity contribution < 1.29 is 18.4 Å². The summed E-state index contributed by atoms with van der Waals surface area (Å²) >= 11 is 0. The van der Waals surface area contributed by atoms with E-state index in [2.05, 4.69) is 10.3 Å². The van der Waals surface area contributed by atoms with Gasteiger partial charge >= 0.3 is 0 Å². The zero-order chi connectivity index (χ0) is 20.1.